The molecule has 0 saturated carbocycles. The van der Waals surface area contributed by atoms with Crippen molar-refractivity contribution in [3.05, 3.63) is 95.1 Å². The molecule has 1 N–H and O–H groups in total. The minimum absolute atomic E-state index is 0.170. The molecule has 0 aliphatic carbocycles. The Kier molecular flexibility index (Phi) is 5.11. The van der Waals surface area contributed by atoms with E-state index in [0.29, 0.717) is 30.8 Å². The summed E-state index contributed by atoms with van der Waals surface area (Å²) in [6.07, 6.45) is 0.584. The van der Waals surface area contributed by atoms with Crippen LogP contribution in [0.4, 0.5) is 5.69 Å². The first-order valence-electron chi connectivity index (χ1n) is 9.49. The molecule has 3 aromatic carbocycles. The minimum atomic E-state index is -3.62. The van der Waals surface area contributed by atoms with E-state index in [-0.39, 0.29) is 10.8 Å². The van der Waals surface area contributed by atoms with Crippen molar-refractivity contribution in [3.63, 3.8) is 0 Å². The van der Waals surface area contributed by atoms with E-state index in [1.54, 1.807) is 42.5 Å². The third kappa shape index (κ3) is 3.89. The topological polar surface area (TPSA) is 66.5 Å². The van der Waals surface area contributed by atoms with Gasteiger partial charge in [0.15, 0.2) is 0 Å². The van der Waals surface area contributed by atoms with E-state index in [0.717, 1.165) is 16.7 Å². The number of rotatable bonds is 5. The number of anilines is 1. The van der Waals surface area contributed by atoms with E-state index < -0.39 is 10.0 Å². The summed E-state index contributed by atoms with van der Waals surface area (Å²) in [5, 5.41) is 2.91. The van der Waals surface area contributed by atoms with Gasteiger partial charge < -0.3 is 5.32 Å². The van der Waals surface area contributed by atoms with Crippen LogP contribution in [0.1, 0.15) is 27.0 Å². The van der Waals surface area contributed by atoms with Crippen LogP contribution in [-0.2, 0) is 23.0 Å². The van der Waals surface area contributed by atoms with Gasteiger partial charge in [-0.1, -0.05) is 48.0 Å². The first-order chi connectivity index (χ1) is 13.9. The van der Waals surface area contributed by atoms with Crippen molar-refractivity contribution in [2.24, 2.45) is 0 Å². The highest BCUT2D eigenvalue weighted by molar-refractivity contribution is 7.92. The molecule has 1 heterocycles. The van der Waals surface area contributed by atoms with Crippen molar-refractivity contribution in [2.45, 2.75) is 24.8 Å². The van der Waals surface area contributed by atoms with Gasteiger partial charge in [0.2, 0.25) is 0 Å². The fourth-order valence-electron chi connectivity index (χ4n) is 3.48. The second-order valence-electron chi connectivity index (χ2n) is 7.15. The van der Waals surface area contributed by atoms with Gasteiger partial charge in [0, 0.05) is 18.7 Å². The highest BCUT2D eigenvalue weighted by Crippen LogP contribution is 2.33. The van der Waals surface area contributed by atoms with Crippen LogP contribution in [0.3, 0.4) is 0 Å². The van der Waals surface area contributed by atoms with Crippen molar-refractivity contribution in [1.82, 2.24) is 5.32 Å². The number of nitrogens with one attached hydrogen (secondary N) is 1. The molecule has 4 rings (SSSR count). The molecule has 148 valence electrons. The molecular weight excluding hydrogens is 384 g/mol. The molecule has 5 nitrogen and oxygen atoms in total. The highest BCUT2D eigenvalue weighted by atomic mass is 32.2. The second kappa shape index (κ2) is 7.72. The normalized spacial score (nSPS) is 13.2. The number of carbonyl (C=O) groups is 1. The standard InChI is InChI=1S/C23H22N2O3S/c1-17-7-10-21(11-8-17)29(27,28)25-14-13-19-15-20(9-12-22(19)25)23(26)24-16-18-5-3-2-4-6-18/h2-12,15H,13-14,16H2,1H3,(H,24,26). The Labute approximate surface area is 171 Å². The molecule has 0 fully saturated rings. The zero-order valence-electron chi connectivity index (χ0n) is 16.1. The van der Waals surface area contributed by atoms with Gasteiger partial charge in [0.05, 0.1) is 10.6 Å². The number of sulfonamides is 1. The Morgan fingerprint density at radius 1 is 1.00 bits per heavy atom. The molecule has 1 aliphatic heterocycles. The van der Waals surface area contributed by atoms with Crippen molar-refractivity contribution >= 4 is 21.6 Å². The van der Waals surface area contributed by atoms with E-state index in [9.17, 15) is 13.2 Å². The Morgan fingerprint density at radius 2 is 1.72 bits per heavy atom. The third-order valence-corrected chi connectivity index (χ3v) is 6.93. The molecule has 0 bridgehead atoms. The number of fused-ring (bicyclic) bond motifs is 1. The first-order valence-corrected chi connectivity index (χ1v) is 10.9. The molecule has 3 aromatic rings. The van der Waals surface area contributed by atoms with Crippen LogP contribution in [-0.4, -0.2) is 20.9 Å². The second-order valence-corrected chi connectivity index (χ2v) is 9.01. The van der Waals surface area contributed by atoms with Gasteiger partial charge in [0.25, 0.3) is 15.9 Å². The van der Waals surface area contributed by atoms with Gasteiger partial charge in [-0.2, -0.15) is 0 Å². The van der Waals surface area contributed by atoms with Crippen LogP contribution < -0.4 is 9.62 Å². The van der Waals surface area contributed by atoms with Crippen molar-refractivity contribution in [1.29, 1.82) is 0 Å². The molecule has 0 spiro atoms. The number of hydrogen-bond donors (Lipinski definition) is 1. The van der Waals surface area contributed by atoms with Crippen LogP contribution in [0.2, 0.25) is 0 Å². The van der Waals surface area contributed by atoms with E-state index >= 15 is 0 Å². The Bertz CT molecular complexity index is 1140. The molecule has 0 radical (unpaired) electrons. The van der Waals surface area contributed by atoms with Crippen LogP contribution in [0, 0.1) is 6.92 Å². The first kappa shape index (κ1) is 19.2. The average molecular weight is 407 g/mol. The van der Waals surface area contributed by atoms with Gasteiger partial charge in [-0.3, -0.25) is 9.10 Å². The maximum atomic E-state index is 13.0. The predicted molar refractivity (Wildman–Crippen MR) is 113 cm³/mol. The predicted octanol–water partition coefficient (Wildman–Crippen LogP) is 3.68. The lowest BCUT2D eigenvalue weighted by Gasteiger charge is -2.20. The molecule has 0 atom stereocenters. The largest absolute Gasteiger partial charge is 0.348 e. The fraction of sp³-hybridized carbons (Fsp3) is 0.174. The summed E-state index contributed by atoms with van der Waals surface area (Å²) in [7, 11) is -3.62. The lowest BCUT2D eigenvalue weighted by atomic mass is 10.1. The zero-order valence-corrected chi connectivity index (χ0v) is 16.9. The van der Waals surface area contributed by atoms with Crippen LogP contribution in [0.25, 0.3) is 0 Å². The smallest absolute Gasteiger partial charge is 0.264 e. The molecule has 0 aromatic heterocycles. The number of nitrogens with zero attached hydrogens (tertiary/aromatic N) is 1. The fourth-order valence-corrected chi connectivity index (χ4v) is 4.98. The number of carbonyl (C=O) groups excluding carboxylic acids is 1. The van der Waals surface area contributed by atoms with E-state index in [1.165, 1.54) is 4.31 Å². The summed E-state index contributed by atoms with van der Waals surface area (Å²) in [4.78, 5) is 12.8. The highest BCUT2D eigenvalue weighted by Gasteiger charge is 2.31. The summed E-state index contributed by atoms with van der Waals surface area (Å²) >= 11 is 0. The SMILES string of the molecule is Cc1ccc(S(=O)(=O)N2CCc3cc(C(=O)NCc4ccccc4)ccc32)cc1. The Hall–Kier alpha value is -3.12. The van der Waals surface area contributed by atoms with E-state index in [1.807, 2.05) is 37.3 Å². The minimum Gasteiger partial charge on any atom is -0.348 e. The number of amides is 1. The molecule has 1 amide bonds. The monoisotopic (exact) mass is 406 g/mol. The maximum absolute atomic E-state index is 13.0. The van der Waals surface area contributed by atoms with Gasteiger partial charge >= 0.3 is 0 Å². The molecule has 6 heteroatoms. The Balaban J connectivity index is 1.53. The van der Waals surface area contributed by atoms with Crippen LogP contribution >= 0.6 is 0 Å². The summed E-state index contributed by atoms with van der Waals surface area (Å²) in [5.74, 6) is -0.170. The lowest BCUT2D eigenvalue weighted by Crippen LogP contribution is -2.29. The zero-order chi connectivity index (χ0) is 20.4. The summed E-state index contributed by atoms with van der Waals surface area (Å²) in [6, 6.07) is 21.8. The summed E-state index contributed by atoms with van der Waals surface area (Å²) in [5.41, 5.74) is 4.09. The number of benzene rings is 3. The molecular formula is C23H22N2O3S. The van der Waals surface area contributed by atoms with Crippen molar-refractivity contribution in [3.8, 4) is 0 Å². The van der Waals surface area contributed by atoms with Gasteiger partial charge in [0.1, 0.15) is 0 Å². The van der Waals surface area contributed by atoms with E-state index in [2.05, 4.69) is 5.32 Å². The quantitative estimate of drug-likeness (QED) is 0.703. The van der Waals surface area contributed by atoms with Gasteiger partial charge in [-0.05, 0) is 54.8 Å². The molecule has 0 unspecified atom stereocenters. The maximum Gasteiger partial charge on any atom is 0.264 e. The number of aryl methyl sites for hydroxylation is 1. The van der Waals surface area contributed by atoms with Crippen molar-refractivity contribution in [2.75, 3.05) is 10.8 Å². The van der Waals surface area contributed by atoms with E-state index in [4.69, 9.17) is 0 Å². The summed E-state index contributed by atoms with van der Waals surface area (Å²) < 4.78 is 27.5. The van der Waals surface area contributed by atoms with Crippen LogP contribution in [0.15, 0.2) is 77.7 Å². The molecule has 1 aliphatic rings. The van der Waals surface area contributed by atoms with Gasteiger partial charge in [-0.15, -0.1) is 0 Å². The van der Waals surface area contributed by atoms with Gasteiger partial charge in [-0.25, -0.2) is 8.42 Å². The summed E-state index contributed by atoms with van der Waals surface area (Å²) in [6.45, 7) is 2.75. The average Bonchev–Trinajstić information content (AvgIpc) is 3.17. The third-order valence-electron chi connectivity index (χ3n) is 5.10. The Morgan fingerprint density at radius 3 is 2.45 bits per heavy atom. The van der Waals surface area contributed by atoms with Crippen molar-refractivity contribution < 1.29 is 13.2 Å². The number of hydrogen-bond acceptors (Lipinski definition) is 3. The van der Waals surface area contributed by atoms with Crippen LogP contribution in [0.5, 0.6) is 0 Å². The molecule has 29 heavy (non-hydrogen) atoms. The lowest BCUT2D eigenvalue weighted by molar-refractivity contribution is 0.0951. The molecule has 0 saturated heterocycles.